The lowest BCUT2D eigenvalue weighted by Gasteiger charge is -2.24. The van der Waals surface area contributed by atoms with Crippen molar-refractivity contribution < 1.29 is 22.0 Å². The van der Waals surface area contributed by atoms with Crippen LogP contribution in [0.1, 0.15) is 25.0 Å². The number of benzene rings is 2. The van der Waals surface area contributed by atoms with Crippen LogP contribution in [0, 0.1) is 6.92 Å². The first kappa shape index (κ1) is 22.8. The van der Waals surface area contributed by atoms with Crippen molar-refractivity contribution in [2.24, 2.45) is 0 Å². The van der Waals surface area contributed by atoms with E-state index in [0.29, 0.717) is 6.42 Å². The number of hydrogen-bond donors (Lipinski definition) is 1. The predicted molar refractivity (Wildman–Crippen MR) is 111 cm³/mol. The highest BCUT2D eigenvalue weighted by Crippen LogP contribution is 2.48. The second-order valence-corrected chi connectivity index (χ2v) is 10.3. The van der Waals surface area contributed by atoms with Gasteiger partial charge in [-0.1, -0.05) is 48.0 Å². The van der Waals surface area contributed by atoms with E-state index in [1.54, 1.807) is 38.1 Å². The summed E-state index contributed by atoms with van der Waals surface area (Å²) < 4.78 is 52.2. The average molecular weight is 425 g/mol. The molecular formula is C20H28NO5PS. The molecule has 0 saturated heterocycles. The quantitative estimate of drug-likeness (QED) is 0.547. The Morgan fingerprint density at radius 3 is 2.07 bits per heavy atom. The van der Waals surface area contributed by atoms with Crippen LogP contribution in [0.4, 0.5) is 0 Å². The third-order valence-corrected chi connectivity index (χ3v) is 7.80. The van der Waals surface area contributed by atoms with Crippen LogP contribution < -0.4 is 4.72 Å². The van der Waals surface area contributed by atoms with Gasteiger partial charge in [0.05, 0.1) is 24.3 Å². The van der Waals surface area contributed by atoms with Gasteiger partial charge in [0.15, 0.2) is 0 Å². The van der Waals surface area contributed by atoms with Crippen LogP contribution in [0.3, 0.4) is 0 Å². The minimum Gasteiger partial charge on any atom is -0.309 e. The number of hydrogen-bond acceptors (Lipinski definition) is 5. The Bertz CT molecular complexity index is 875. The van der Waals surface area contributed by atoms with Crippen LogP contribution in [0.5, 0.6) is 0 Å². The standard InChI is InChI=1S/C20H28NO5PS/c1-4-25-27(22,26-5-2)16-19(15-18-9-7-6-8-10-18)21-28(23,24)20-13-11-17(3)12-14-20/h6-14,19,21H,4-5,15-16H2,1-3H3. The molecule has 1 atom stereocenters. The van der Waals surface area contributed by atoms with Crippen LogP contribution in [-0.4, -0.2) is 33.8 Å². The molecule has 0 bridgehead atoms. The van der Waals surface area contributed by atoms with Crippen LogP contribution in [-0.2, 0) is 30.1 Å². The fourth-order valence-electron chi connectivity index (χ4n) is 2.85. The van der Waals surface area contributed by atoms with Crippen molar-refractivity contribution in [3.63, 3.8) is 0 Å². The van der Waals surface area contributed by atoms with Crippen LogP contribution in [0.25, 0.3) is 0 Å². The minimum absolute atomic E-state index is 0.0470. The molecule has 0 radical (unpaired) electrons. The van der Waals surface area contributed by atoms with E-state index in [0.717, 1.165) is 11.1 Å². The molecule has 0 amide bonds. The van der Waals surface area contributed by atoms with Gasteiger partial charge in [-0.3, -0.25) is 4.57 Å². The number of aryl methyl sites for hydroxylation is 1. The lowest BCUT2D eigenvalue weighted by Crippen LogP contribution is -2.39. The summed E-state index contributed by atoms with van der Waals surface area (Å²) in [6, 6.07) is 15.4. The second kappa shape index (κ2) is 10.3. The number of sulfonamides is 1. The summed E-state index contributed by atoms with van der Waals surface area (Å²) in [4.78, 5) is 0.166. The molecule has 1 unspecified atom stereocenters. The van der Waals surface area contributed by atoms with E-state index in [1.165, 1.54) is 0 Å². The normalized spacial score (nSPS) is 13.4. The van der Waals surface area contributed by atoms with Gasteiger partial charge in [-0.25, -0.2) is 13.1 Å². The molecule has 0 aromatic heterocycles. The zero-order valence-corrected chi connectivity index (χ0v) is 18.2. The van der Waals surface area contributed by atoms with Gasteiger partial charge in [-0.05, 0) is 44.9 Å². The molecule has 0 spiro atoms. The molecule has 28 heavy (non-hydrogen) atoms. The lowest BCUT2D eigenvalue weighted by atomic mass is 10.1. The third kappa shape index (κ3) is 6.83. The van der Waals surface area contributed by atoms with Crippen molar-refractivity contribution in [1.82, 2.24) is 4.72 Å². The maximum atomic E-state index is 13.0. The average Bonchev–Trinajstić information content (AvgIpc) is 2.62. The molecule has 0 aliphatic rings. The van der Waals surface area contributed by atoms with Crippen molar-refractivity contribution in [3.05, 3.63) is 65.7 Å². The molecule has 6 nitrogen and oxygen atoms in total. The second-order valence-electron chi connectivity index (χ2n) is 6.45. The van der Waals surface area contributed by atoms with Gasteiger partial charge in [0.2, 0.25) is 10.0 Å². The zero-order valence-electron chi connectivity index (χ0n) is 16.5. The Labute approximate surface area is 167 Å². The maximum Gasteiger partial charge on any atom is 0.332 e. The van der Waals surface area contributed by atoms with E-state index in [9.17, 15) is 13.0 Å². The van der Waals surface area contributed by atoms with Crippen molar-refractivity contribution in [2.75, 3.05) is 19.4 Å². The summed E-state index contributed by atoms with van der Waals surface area (Å²) in [7, 11) is -7.21. The minimum atomic E-state index is -3.78. The molecule has 0 saturated carbocycles. The van der Waals surface area contributed by atoms with Gasteiger partial charge >= 0.3 is 7.60 Å². The SMILES string of the molecule is CCOP(=O)(CC(Cc1ccccc1)NS(=O)(=O)c1ccc(C)cc1)OCC. The highest BCUT2D eigenvalue weighted by atomic mass is 32.2. The molecule has 0 fully saturated rings. The molecule has 2 rings (SSSR count). The zero-order chi connectivity index (χ0) is 20.6. The smallest absolute Gasteiger partial charge is 0.309 e. The van der Waals surface area contributed by atoms with Gasteiger partial charge in [-0.2, -0.15) is 0 Å². The molecule has 8 heteroatoms. The van der Waals surface area contributed by atoms with Crippen LogP contribution >= 0.6 is 7.60 Å². The van der Waals surface area contributed by atoms with Crippen molar-refractivity contribution >= 4 is 17.6 Å². The highest BCUT2D eigenvalue weighted by molar-refractivity contribution is 7.89. The van der Waals surface area contributed by atoms with Crippen LogP contribution in [0.2, 0.25) is 0 Å². The van der Waals surface area contributed by atoms with Crippen molar-refractivity contribution in [3.8, 4) is 0 Å². The molecule has 2 aromatic carbocycles. The Kier molecular flexibility index (Phi) is 8.40. The van der Waals surface area contributed by atoms with E-state index < -0.39 is 23.7 Å². The highest BCUT2D eigenvalue weighted by Gasteiger charge is 2.31. The third-order valence-electron chi connectivity index (χ3n) is 4.07. The summed E-state index contributed by atoms with van der Waals surface area (Å²) in [5.74, 6) is 0. The molecule has 2 aromatic rings. The molecule has 154 valence electrons. The monoisotopic (exact) mass is 425 g/mol. The summed E-state index contributed by atoms with van der Waals surface area (Å²) in [6.07, 6.45) is 0.324. The summed E-state index contributed by atoms with van der Waals surface area (Å²) in [5.41, 5.74) is 1.90. The summed E-state index contributed by atoms with van der Waals surface area (Å²) >= 11 is 0. The van der Waals surface area contributed by atoms with Gasteiger partial charge in [-0.15, -0.1) is 0 Å². The molecule has 1 N–H and O–H groups in total. The Balaban J connectivity index is 2.29. The molecule has 0 heterocycles. The molecule has 0 aliphatic carbocycles. The lowest BCUT2D eigenvalue weighted by molar-refractivity contribution is 0.218. The van der Waals surface area contributed by atoms with Gasteiger partial charge in [0.1, 0.15) is 0 Å². The maximum absolute atomic E-state index is 13.0. The molecule has 0 aliphatic heterocycles. The largest absolute Gasteiger partial charge is 0.332 e. The number of nitrogens with one attached hydrogen (secondary N) is 1. The first-order valence-corrected chi connectivity index (χ1v) is 12.5. The van der Waals surface area contributed by atoms with Gasteiger partial charge < -0.3 is 9.05 Å². The fraction of sp³-hybridized carbons (Fsp3) is 0.400. The van der Waals surface area contributed by atoms with E-state index in [1.807, 2.05) is 37.3 Å². The number of rotatable bonds is 11. The first-order valence-electron chi connectivity index (χ1n) is 9.29. The summed E-state index contributed by atoms with van der Waals surface area (Å²) in [5, 5.41) is 0. The van der Waals surface area contributed by atoms with Gasteiger partial charge in [0, 0.05) is 6.04 Å². The topological polar surface area (TPSA) is 81.7 Å². The van der Waals surface area contributed by atoms with E-state index in [4.69, 9.17) is 9.05 Å². The summed E-state index contributed by atoms with van der Waals surface area (Å²) in [6.45, 7) is 5.80. The first-order chi connectivity index (χ1) is 13.3. The fourth-order valence-corrected chi connectivity index (χ4v) is 6.04. The van der Waals surface area contributed by atoms with E-state index >= 15 is 0 Å². The van der Waals surface area contributed by atoms with Crippen molar-refractivity contribution in [2.45, 2.75) is 38.1 Å². The van der Waals surface area contributed by atoms with Crippen molar-refractivity contribution in [1.29, 1.82) is 0 Å². The van der Waals surface area contributed by atoms with E-state index in [-0.39, 0.29) is 24.3 Å². The van der Waals surface area contributed by atoms with Gasteiger partial charge in [0.25, 0.3) is 0 Å². The van der Waals surface area contributed by atoms with E-state index in [2.05, 4.69) is 4.72 Å². The Morgan fingerprint density at radius 2 is 1.54 bits per heavy atom. The molecular weight excluding hydrogens is 397 g/mol. The predicted octanol–water partition coefficient (Wildman–Crippen LogP) is 4.15. The Hall–Kier alpha value is -1.50. The van der Waals surface area contributed by atoms with Crippen LogP contribution in [0.15, 0.2) is 59.5 Å². The Morgan fingerprint density at radius 1 is 0.964 bits per heavy atom.